The van der Waals surface area contributed by atoms with E-state index in [1.165, 1.54) is 24.9 Å². The van der Waals surface area contributed by atoms with Crippen LogP contribution in [-0.2, 0) is 0 Å². The van der Waals surface area contributed by atoms with Crippen LogP contribution in [0.25, 0.3) is 0 Å². The number of ether oxygens (including phenoxy) is 1. The Hall–Kier alpha value is -2.01. The van der Waals surface area contributed by atoms with Crippen molar-refractivity contribution in [3.63, 3.8) is 0 Å². The Kier molecular flexibility index (Phi) is 3.84. The first-order valence-corrected chi connectivity index (χ1v) is 6.07. The molecule has 5 heteroatoms. The van der Waals surface area contributed by atoms with Gasteiger partial charge < -0.3 is 4.74 Å². The molecular weight excluding hydrogens is 250 g/mol. The minimum absolute atomic E-state index is 0.0585. The molecule has 0 saturated carbocycles. The number of hydrogen-bond donors (Lipinski definition) is 0. The van der Waals surface area contributed by atoms with Crippen LogP contribution in [-0.4, -0.2) is 12.0 Å². The maximum atomic E-state index is 11.0. The summed E-state index contributed by atoms with van der Waals surface area (Å²) < 4.78 is 5.00. The largest absolute Gasteiger partial charge is 0.497 e. The monoisotopic (exact) mass is 261 g/mol. The lowest BCUT2D eigenvalue weighted by Gasteiger charge is -2.05. The predicted molar refractivity (Wildman–Crippen MR) is 70.2 cm³/mol. The van der Waals surface area contributed by atoms with Crippen LogP contribution in [0.2, 0.25) is 0 Å². The van der Waals surface area contributed by atoms with Gasteiger partial charge in [0.25, 0.3) is 5.69 Å². The molecule has 0 amide bonds. The van der Waals surface area contributed by atoms with E-state index in [1.807, 2.05) is 30.3 Å². The van der Waals surface area contributed by atoms with E-state index in [9.17, 15) is 10.1 Å². The maximum Gasteiger partial charge on any atom is 0.286 e. The van der Waals surface area contributed by atoms with Crippen LogP contribution in [0.5, 0.6) is 5.75 Å². The lowest BCUT2D eigenvalue weighted by molar-refractivity contribution is -0.387. The summed E-state index contributed by atoms with van der Waals surface area (Å²) in [4.78, 5) is 12.2. The molecule has 0 bridgehead atoms. The fourth-order valence-electron chi connectivity index (χ4n) is 1.47. The van der Waals surface area contributed by atoms with Gasteiger partial charge in [0, 0.05) is 4.90 Å². The zero-order valence-electron chi connectivity index (χ0n) is 9.70. The van der Waals surface area contributed by atoms with Crippen LogP contribution < -0.4 is 4.74 Å². The molecule has 4 nitrogen and oxygen atoms in total. The quantitative estimate of drug-likeness (QED) is 0.621. The summed E-state index contributed by atoms with van der Waals surface area (Å²) >= 11 is 1.36. The van der Waals surface area contributed by atoms with Crippen LogP contribution in [0.15, 0.2) is 58.3 Å². The average Bonchev–Trinajstić information content (AvgIpc) is 2.40. The first-order chi connectivity index (χ1) is 8.70. The van der Waals surface area contributed by atoms with Gasteiger partial charge in [-0.15, -0.1) is 0 Å². The minimum Gasteiger partial charge on any atom is -0.497 e. The summed E-state index contributed by atoms with van der Waals surface area (Å²) in [5.74, 6) is 0.485. The molecule has 2 aromatic carbocycles. The standard InChI is InChI=1S/C13H11NO3S/c1-17-10-7-8-13(12(9-10)14(15)16)18-11-5-3-2-4-6-11/h2-9H,1H3. The number of nitro groups is 1. The summed E-state index contributed by atoms with van der Waals surface area (Å²) in [6.45, 7) is 0. The Balaban J connectivity index is 2.35. The first kappa shape index (κ1) is 12.4. The Morgan fingerprint density at radius 2 is 1.89 bits per heavy atom. The first-order valence-electron chi connectivity index (χ1n) is 5.26. The fraction of sp³-hybridized carbons (Fsp3) is 0.0769. The Bertz CT molecular complexity index is 557. The highest BCUT2D eigenvalue weighted by Crippen LogP contribution is 2.36. The molecule has 0 radical (unpaired) electrons. The molecule has 0 aliphatic heterocycles. The fourth-order valence-corrected chi connectivity index (χ4v) is 2.39. The van der Waals surface area contributed by atoms with E-state index in [0.29, 0.717) is 10.6 Å². The van der Waals surface area contributed by atoms with Crippen molar-refractivity contribution in [2.24, 2.45) is 0 Å². The van der Waals surface area contributed by atoms with Gasteiger partial charge in [-0.3, -0.25) is 10.1 Å². The zero-order chi connectivity index (χ0) is 13.0. The van der Waals surface area contributed by atoms with Crippen molar-refractivity contribution in [2.75, 3.05) is 7.11 Å². The number of methoxy groups -OCH3 is 1. The molecule has 0 saturated heterocycles. The topological polar surface area (TPSA) is 52.4 Å². The molecule has 92 valence electrons. The smallest absolute Gasteiger partial charge is 0.286 e. The number of nitrogens with zero attached hydrogens (tertiary/aromatic N) is 1. The lowest BCUT2D eigenvalue weighted by atomic mass is 10.3. The molecule has 0 aromatic heterocycles. The number of nitro benzene ring substituents is 1. The Morgan fingerprint density at radius 1 is 1.17 bits per heavy atom. The van der Waals surface area contributed by atoms with Gasteiger partial charge in [-0.05, 0) is 24.3 Å². The highest BCUT2D eigenvalue weighted by molar-refractivity contribution is 7.99. The molecule has 0 aliphatic rings. The number of benzene rings is 2. The van der Waals surface area contributed by atoms with Crippen LogP contribution in [0, 0.1) is 10.1 Å². The Morgan fingerprint density at radius 3 is 2.50 bits per heavy atom. The van der Waals surface area contributed by atoms with Gasteiger partial charge in [-0.25, -0.2) is 0 Å². The third-order valence-corrected chi connectivity index (χ3v) is 3.41. The molecular formula is C13H11NO3S. The van der Waals surface area contributed by atoms with Crippen molar-refractivity contribution in [3.8, 4) is 5.75 Å². The summed E-state index contributed by atoms with van der Waals surface area (Å²) in [6, 6.07) is 14.4. The molecule has 2 aromatic rings. The van der Waals surface area contributed by atoms with Crippen LogP contribution in [0.3, 0.4) is 0 Å². The van der Waals surface area contributed by atoms with Crippen molar-refractivity contribution in [1.82, 2.24) is 0 Å². The van der Waals surface area contributed by atoms with Gasteiger partial charge in [0.2, 0.25) is 0 Å². The molecule has 2 rings (SSSR count). The molecule has 0 fully saturated rings. The zero-order valence-corrected chi connectivity index (χ0v) is 10.5. The minimum atomic E-state index is -0.395. The number of hydrogen-bond acceptors (Lipinski definition) is 4. The van der Waals surface area contributed by atoms with E-state index in [2.05, 4.69) is 0 Å². The summed E-state index contributed by atoms with van der Waals surface area (Å²) in [5, 5.41) is 11.0. The molecule has 0 unspecified atom stereocenters. The normalized spacial score (nSPS) is 10.1. The highest BCUT2D eigenvalue weighted by Gasteiger charge is 2.15. The molecule has 0 N–H and O–H groups in total. The van der Waals surface area contributed by atoms with Crippen molar-refractivity contribution < 1.29 is 9.66 Å². The summed E-state index contributed by atoms with van der Waals surface area (Å²) in [5.41, 5.74) is 0.0585. The van der Waals surface area contributed by atoms with Crippen LogP contribution >= 0.6 is 11.8 Å². The van der Waals surface area contributed by atoms with Gasteiger partial charge in [0.15, 0.2) is 0 Å². The van der Waals surface area contributed by atoms with E-state index in [0.717, 1.165) is 4.90 Å². The number of rotatable bonds is 4. The van der Waals surface area contributed by atoms with Crippen molar-refractivity contribution in [2.45, 2.75) is 9.79 Å². The second kappa shape index (κ2) is 5.55. The van der Waals surface area contributed by atoms with Gasteiger partial charge in [0.1, 0.15) is 5.75 Å². The summed E-state index contributed by atoms with van der Waals surface area (Å²) in [6.07, 6.45) is 0. The van der Waals surface area contributed by atoms with E-state index in [1.54, 1.807) is 12.1 Å². The second-order valence-electron chi connectivity index (χ2n) is 3.51. The molecule has 0 spiro atoms. The van der Waals surface area contributed by atoms with Crippen LogP contribution in [0.4, 0.5) is 5.69 Å². The summed E-state index contributed by atoms with van der Waals surface area (Å²) in [7, 11) is 1.49. The van der Waals surface area contributed by atoms with Crippen LogP contribution in [0.1, 0.15) is 0 Å². The predicted octanol–water partition coefficient (Wildman–Crippen LogP) is 3.75. The van der Waals surface area contributed by atoms with E-state index in [-0.39, 0.29) is 5.69 Å². The molecule has 18 heavy (non-hydrogen) atoms. The van der Waals surface area contributed by atoms with Gasteiger partial charge in [0.05, 0.1) is 23.0 Å². The Labute approximate surface area is 109 Å². The van der Waals surface area contributed by atoms with Gasteiger partial charge in [-0.1, -0.05) is 30.0 Å². The SMILES string of the molecule is COc1ccc(Sc2ccccc2)c([N+](=O)[O-])c1. The van der Waals surface area contributed by atoms with Gasteiger partial charge in [-0.2, -0.15) is 0 Å². The lowest BCUT2D eigenvalue weighted by Crippen LogP contribution is -1.92. The third kappa shape index (κ3) is 2.81. The van der Waals surface area contributed by atoms with E-state index < -0.39 is 4.92 Å². The molecule has 0 aliphatic carbocycles. The highest BCUT2D eigenvalue weighted by atomic mass is 32.2. The molecule has 0 heterocycles. The van der Waals surface area contributed by atoms with E-state index in [4.69, 9.17) is 4.74 Å². The van der Waals surface area contributed by atoms with E-state index >= 15 is 0 Å². The molecule has 0 atom stereocenters. The van der Waals surface area contributed by atoms with Crippen molar-refractivity contribution in [1.29, 1.82) is 0 Å². The van der Waals surface area contributed by atoms with Gasteiger partial charge >= 0.3 is 0 Å². The second-order valence-corrected chi connectivity index (χ2v) is 4.62. The van der Waals surface area contributed by atoms with Crippen molar-refractivity contribution >= 4 is 17.4 Å². The van der Waals surface area contributed by atoms with Crippen molar-refractivity contribution in [3.05, 3.63) is 58.6 Å². The average molecular weight is 261 g/mol. The maximum absolute atomic E-state index is 11.0. The third-order valence-electron chi connectivity index (χ3n) is 2.33.